The fraction of sp³-hybridized carbons (Fsp3) is 0.143. The summed E-state index contributed by atoms with van der Waals surface area (Å²) in [5.41, 5.74) is 6.06. The van der Waals surface area contributed by atoms with Gasteiger partial charge in [0, 0.05) is 5.56 Å². The van der Waals surface area contributed by atoms with Crippen molar-refractivity contribution in [3.8, 4) is 11.3 Å². The van der Waals surface area contributed by atoms with E-state index < -0.39 is 11.8 Å². The number of nitrogens with zero attached hydrogens (tertiary/aromatic N) is 1. The van der Waals surface area contributed by atoms with Crippen molar-refractivity contribution < 1.29 is 13.9 Å². The van der Waals surface area contributed by atoms with Crippen molar-refractivity contribution >= 4 is 11.8 Å². The van der Waals surface area contributed by atoms with Crippen LogP contribution in [-0.2, 0) is 4.74 Å². The number of carbonyl (C=O) groups excluding carboxylic acids is 1. The summed E-state index contributed by atoms with van der Waals surface area (Å²) >= 11 is 0. The second kappa shape index (κ2) is 5.48. The summed E-state index contributed by atoms with van der Waals surface area (Å²) in [5, 5.41) is 0. The number of pyridine rings is 1. The van der Waals surface area contributed by atoms with Crippen LogP contribution in [0.25, 0.3) is 11.3 Å². The Kier molecular flexibility index (Phi) is 3.75. The van der Waals surface area contributed by atoms with Crippen molar-refractivity contribution in [1.29, 1.82) is 0 Å². The summed E-state index contributed by atoms with van der Waals surface area (Å²) in [5.74, 6) is -1.05. The summed E-state index contributed by atoms with van der Waals surface area (Å²) in [6.45, 7) is 1.86. The van der Waals surface area contributed by atoms with E-state index in [2.05, 4.69) is 4.98 Å². The monoisotopic (exact) mass is 260 g/mol. The molecule has 0 fully saturated rings. The third-order valence-corrected chi connectivity index (χ3v) is 2.54. The zero-order valence-corrected chi connectivity index (χ0v) is 10.4. The van der Waals surface area contributed by atoms with Gasteiger partial charge in [0.1, 0.15) is 11.6 Å². The molecule has 1 heterocycles. The van der Waals surface area contributed by atoms with Gasteiger partial charge in [-0.25, -0.2) is 14.2 Å². The van der Waals surface area contributed by atoms with E-state index in [-0.39, 0.29) is 17.7 Å². The Balaban J connectivity index is 2.48. The number of ether oxygens (including phenoxy) is 1. The summed E-state index contributed by atoms with van der Waals surface area (Å²) in [6, 6.07) is 9.41. The van der Waals surface area contributed by atoms with Crippen molar-refractivity contribution in [2.24, 2.45) is 0 Å². The van der Waals surface area contributed by atoms with Gasteiger partial charge in [-0.1, -0.05) is 12.1 Å². The Bertz CT molecular complexity index is 614. The van der Waals surface area contributed by atoms with Gasteiger partial charge in [0.25, 0.3) is 0 Å². The first-order valence-corrected chi connectivity index (χ1v) is 5.82. The van der Waals surface area contributed by atoms with E-state index in [0.717, 1.165) is 0 Å². The molecule has 0 unspecified atom stereocenters. The van der Waals surface area contributed by atoms with Gasteiger partial charge in [0.2, 0.25) is 0 Å². The molecule has 0 saturated carbocycles. The molecule has 2 rings (SSSR count). The molecule has 0 aliphatic rings. The van der Waals surface area contributed by atoms with E-state index in [1.54, 1.807) is 37.3 Å². The van der Waals surface area contributed by atoms with Crippen LogP contribution in [0.5, 0.6) is 0 Å². The van der Waals surface area contributed by atoms with Gasteiger partial charge in [0.15, 0.2) is 0 Å². The predicted molar refractivity (Wildman–Crippen MR) is 70.0 cm³/mol. The van der Waals surface area contributed by atoms with E-state index in [0.29, 0.717) is 11.5 Å². The van der Waals surface area contributed by atoms with Crippen molar-refractivity contribution in [3.05, 3.63) is 47.8 Å². The predicted octanol–water partition coefficient (Wildman–Crippen LogP) is 2.65. The highest BCUT2D eigenvalue weighted by Crippen LogP contribution is 2.24. The fourth-order valence-corrected chi connectivity index (χ4v) is 1.70. The highest BCUT2D eigenvalue weighted by molar-refractivity contribution is 5.91. The molecule has 0 aliphatic heterocycles. The number of carbonyl (C=O) groups is 1. The molecule has 5 heteroatoms. The van der Waals surface area contributed by atoms with Crippen LogP contribution in [0.2, 0.25) is 0 Å². The Morgan fingerprint density at radius 2 is 2.05 bits per heavy atom. The van der Waals surface area contributed by atoms with Crippen LogP contribution < -0.4 is 5.73 Å². The van der Waals surface area contributed by atoms with E-state index in [1.807, 2.05) is 0 Å². The average Bonchev–Trinajstić information content (AvgIpc) is 2.39. The second-order valence-electron chi connectivity index (χ2n) is 3.84. The van der Waals surface area contributed by atoms with Crippen LogP contribution in [0.15, 0.2) is 36.4 Å². The van der Waals surface area contributed by atoms with Crippen molar-refractivity contribution in [2.45, 2.75) is 6.92 Å². The highest BCUT2D eigenvalue weighted by Gasteiger charge is 2.17. The highest BCUT2D eigenvalue weighted by atomic mass is 19.1. The molecule has 1 aromatic heterocycles. The Morgan fingerprint density at radius 1 is 1.32 bits per heavy atom. The van der Waals surface area contributed by atoms with Gasteiger partial charge < -0.3 is 10.5 Å². The molecule has 19 heavy (non-hydrogen) atoms. The van der Waals surface area contributed by atoms with E-state index in [1.165, 1.54) is 6.07 Å². The van der Waals surface area contributed by atoms with Crippen LogP contribution in [0.4, 0.5) is 10.2 Å². The molecular formula is C14H13FN2O2. The molecule has 98 valence electrons. The lowest BCUT2D eigenvalue weighted by atomic mass is 10.1. The third kappa shape index (κ3) is 2.70. The van der Waals surface area contributed by atoms with E-state index in [4.69, 9.17) is 10.5 Å². The van der Waals surface area contributed by atoms with Crippen LogP contribution in [0, 0.1) is 5.82 Å². The zero-order chi connectivity index (χ0) is 13.8. The maximum absolute atomic E-state index is 14.3. The van der Waals surface area contributed by atoms with E-state index >= 15 is 0 Å². The quantitative estimate of drug-likeness (QED) is 0.861. The topological polar surface area (TPSA) is 65.2 Å². The van der Waals surface area contributed by atoms with E-state index in [9.17, 15) is 9.18 Å². The molecule has 0 bridgehead atoms. The number of nitrogen functional groups attached to an aromatic ring is 1. The van der Waals surface area contributed by atoms with Gasteiger partial charge in [0.05, 0.1) is 17.9 Å². The molecule has 0 saturated heterocycles. The Labute approximate surface area is 110 Å². The third-order valence-electron chi connectivity index (χ3n) is 2.54. The number of nitrogens with two attached hydrogens (primary N) is 1. The number of hydrogen-bond donors (Lipinski definition) is 1. The molecule has 0 spiro atoms. The van der Waals surface area contributed by atoms with Crippen molar-refractivity contribution in [1.82, 2.24) is 4.98 Å². The van der Waals surface area contributed by atoms with Crippen molar-refractivity contribution in [3.63, 3.8) is 0 Å². The summed E-state index contributed by atoms with van der Waals surface area (Å²) in [4.78, 5) is 15.6. The lowest BCUT2D eigenvalue weighted by molar-refractivity contribution is 0.0521. The number of rotatable bonds is 3. The maximum atomic E-state index is 14.3. The lowest BCUT2D eigenvalue weighted by Crippen LogP contribution is -2.08. The van der Waals surface area contributed by atoms with Gasteiger partial charge in [-0.15, -0.1) is 0 Å². The normalized spacial score (nSPS) is 10.2. The first-order chi connectivity index (χ1) is 9.13. The minimum Gasteiger partial charge on any atom is -0.462 e. The molecule has 0 aliphatic carbocycles. The van der Waals surface area contributed by atoms with Crippen LogP contribution in [0.3, 0.4) is 0 Å². The molecule has 2 aromatic rings. The number of esters is 1. The number of anilines is 1. The number of aromatic nitrogens is 1. The lowest BCUT2D eigenvalue weighted by Gasteiger charge is -2.07. The molecule has 0 atom stereocenters. The average molecular weight is 260 g/mol. The summed E-state index contributed by atoms with van der Waals surface area (Å²) in [6.07, 6.45) is 0. The number of halogens is 1. The second-order valence-corrected chi connectivity index (χ2v) is 3.84. The van der Waals surface area contributed by atoms with Crippen LogP contribution in [-0.4, -0.2) is 17.6 Å². The standard InChI is InChI=1S/C14H13FN2O2/c1-2-19-14(18)10-6-3-5-9(13(10)15)11-7-4-8-12(16)17-11/h3-8H,2H2,1H3,(H2,16,17). The number of hydrogen-bond acceptors (Lipinski definition) is 4. The van der Waals surface area contributed by atoms with Gasteiger partial charge >= 0.3 is 5.97 Å². The first kappa shape index (κ1) is 13.0. The number of benzene rings is 1. The molecule has 2 N–H and O–H groups in total. The molecule has 0 amide bonds. The fourth-order valence-electron chi connectivity index (χ4n) is 1.70. The van der Waals surface area contributed by atoms with Crippen LogP contribution in [0.1, 0.15) is 17.3 Å². The smallest absolute Gasteiger partial charge is 0.341 e. The minimum absolute atomic E-state index is 0.108. The largest absolute Gasteiger partial charge is 0.462 e. The van der Waals surface area contributed by atoms with Gasteiger partial charge in [-0.3, -0.25) is 0 Å². The molecule has 0 radical (unpaired) electrons. The van der Waals surface area contributed by atoms with Crippen LogP contribution >= 0.6 is 0 Å². The summed E-state index contributed by atoms with van der Waals surface area (Å²) < 4.78 is 19.1. The molecular weight excluding hydrogens is 247 g/mol. The molecule has 4 nitrogen and oxygen atoms in total. The zero-order valence-electron chi connectivity index (χ0n) is 10.4. The van der Waals surface area contributed by atoms with Gasteiger partial charge in [-0.2, -0.15) is 0 Å². The SMILES string of the molecule is CCOC(=O)c1cccc(-c2cccc(N)n2)c1F. The Morgan fingerprint density at radius 3 is 2.74 bits per heavy atom. The molecule has 1 aromatic carbocycles. The Hall–Kier alpha value is -2.43. The first-order valence-electron chi connectivity index (χ1n) is 5.82. The van der Waals surface area contributed by atoms with Gasteiger partial charge in [-0.05, 0) is 31.2 Å². The summed E-state index contributed by atoms with van der Waals surface area (Å²) in [7, 11) is 0. The van der Waals surface area contributed by atoms with Crippen molar-refractivity contribution in [2.75, 3.05) is 12.3 Å². The maximum Gasteiger partial charge on any atom is 0.341 e. The minimum atomic E-state index is -0.689.